The predicted molar refractivity (Wildman–Crippen MR) is 125 cm³/mol. The number of rotatable bonds is 5. The molecular weight excluding hydrogens is 456 g/mol. The Balaban J connectivity index is 1.40. The summed E-state index contributed by atoms with van der Waals surface area (Å²) in [5.74, 6) is -1.68. The highest BCUT2D eigenvalue weighted by Crippen LogP contribution is 2.31. The maximum absolute atomic E-state index is 14.8. The molecule has 5 rings (SSSR count). The van der Waals surface area contributed by atoms with Gasteiger partial charge in [0.2, 0.25) is 0 Å². The lowest BCUT2D eigenvalue weighted by Gasteiger charge is -2.12. The van der Waals surface area contributed by atoms with Crippen molar-refractivity contribution in [3.8, 4) is 17.2 Å². The molecule has 0 bridgehead atoms. The van der Waals surface area contributed by atoms with E-state index in [0.717, 1.165) is 10.7 Å². The molecule has 0 radical (unpaired) electrons. The molecule has 3 heterocycles. The molecule has 0 atom stereocenters. The first kappa shape index (κ1) is 22.0. The van der Waals surface area contributed by atoms with Crippen LogP contribution >= 0.6 is 0 Å². The number of amides is 1. The monoisotopic (exact) mass is 473 g/mol. The van der Waals surface area contributed by atoms with E-state index in [9.17, 15) is 18.4 Å². The maximum atomic E-state index is 14.8. The van der Waals surface area contributed by atoms with Crippen molar-refractivity contribution >= 4 is 22.6 Å². The number of para-hydroxylation sites is 1. The summed E-state index contributed by atoms with van der Waals surface area (Å²) in [6.07, 6.45) is 3.24. The number of nitrogens with one attached hydrogen (secondary N) is 2. The van der Waals surface area contributed by atoms with Crippen LogP contribution in [-0.2, 0) is 0 Å². The molecule has 0 aliphatic rings. The molecule has 10 heteroatoms. The minimum atomic E-state index is -0.704. The van der Waals surface area contributed by atoms with Gasteiger partial charge in [0.1, 0.15) is 22.9 Å². The minimum Gasteiger partial charge on any atom is -0.453 e. The van der Waals surface area contributed by atoms with E-state index in [1.165, 1.54) is 49.5 Å². The first-order chi connectivity index (χ1) is 16.9. The number of nitrogens with zero attached hydrogens (tertiary/aromatic N) is 3. The number of carbonyl (C=O) groups is 1. The van der Waals surface area contributed by atoms with Gasteiger partial charge in [0.15, 0.2) is 17.3 Å². The summed E-state index contributed by atoms with van der Waals surface area (Å²) in [7, 11) is 0. The second-order valence-corrected chi connectivity index (χ2v) is 7.63. The Labute approximate surface area is 196 Å². The third-order valence-corrected chi connectivity index (χ3v) is 5.25. The third-order valence-electron chi connectivity index (χ3n) is 5.25. The van der Waals surface area contributed by atoms with Gasteiger partial charge in [0, 0.05) is 30.2 Å². The number of halogens is 2. The number of benzene rings is 2. The van der Waals surface area contributed by atoms with Crippen molar-refractivity contribution in [2.45, 2.75) is 6.92 Å². The van der Waals surface area contributed by atoms with Gasteiger partial charge in [-0.25, -0.2) is 13.8 Å². The molecule has 0 saturated carbocycles. The van der Waals surface area contributed by atoms with Crippen LogP contribution < -0.4 is 15.6 Å². The van der Waals surface area contributed by atoms with E-state index < -0.39 is 23.1 Å². The van der Waals surface area contributed by atoms with E-state index in [1.807, 2.05) is 0 Å². The zero-order valence-corrected chi connectivity index (χ0v) is 18.3. The molecule has 0 unspecified atom stereocenters. The second kappa shape index (κ2) is 8.82. The Morgan fingerprint density at radius 3 is 2.66 bits per heavy atom. The van der Waals surface area contributed by atoms with Crippen LogP contribution in [0.25, 0.3) is 16.7 Å². The van der Waals surface area contributed by atoms with Crippen molar-refractivity contribution in [1.82, 2.24) is 19.7 Å². The van der Waals surface area contributed by atoms with Gasteiger partial charge < -0.3 is 15.0 Å². The van der Waals surface area contributed by atoms with Crippen molar-refractivity contribution in [2.24, 2.45) is 0 Å². The first-order valence-corrected chi connectivity index (χ1v) is 10.5. The van der Waals surface area contributed by atoms with E-state index in [-0.39, 0.29) is 28.4 Å². The maximum Gasteiger partial charge on any atom is 0.276 e. The van der Waals surface area contributed by atoms with Crippen molar-refractivity contribution in [2.75, 3.05) is 5.32 Å². The van der Waals surface area contributed by atoms with Gasteiger partial charge in [-0.15, -0.1) is 0 Å². The van der Waals surface area contributed by atoms with Crippen LogP contribution in [0.5, 0.6) is 11.5 Å². The fourth-order valence-corrected chi connectivity index (χ4v) is 3.56. The molecule has 5 aromatic rings. The van der Waals surface area contributed by atoms with Crippen LogP contribution in [-0.4, -0.2) is 25.7 Å². The van der Waals surface area contributed by atoms with Crippen LogP contribution in [0, 0.1) is 18.6 Å². The van der Waals surface area contributed by atoms with Crippen LogP contribution in [0.2, 0.25) is 0 Å². The molecule has 1 amide bonds. The lowest BCUT2D eigenvalue weighted by atomic mass is 10.2. The predicted octanol–water partition coefficient (Wildman–Crippen LogP) is 4.74. The molecule has 0 saturated heterocycles. The Morgan fingerprint density at radius 1 is 1.03 bits per heavy atom. The molecule has 0 fully saturated rings. The number of hydrogen-bond acceptors (Lipinski definition) is 5. The number of anilines is 1. The van der Waals surface area contributed by atoms with E-state index >= 15 is 0 Å². The second-order valence-electron chi connectivity index (χ2n) is 7.63. The molecule has 2 aromatic carbocycles. The summed E-state index contributed by atoms with van der Waals surface area (Å²) in [6.45, 7) is 1.53. The Morgan fingerprint density at radius 2 is 1.86 bits per heavy atom. The zero-order valence-electron chi connectivity index (χ0n) is 18.3. The highest BCUT2D eigenvalue weighted by molar-refractivity contribution is 6.03. The lowest BCUT2D eigenvalue weighted by molar-refractivity contribution is 0.102. The first-order valence-electron chi connectivity index (χ1n) is 10.5. The number of pyridine rings is 1. The van der Waals surface area contributed by atoms with Crippen molar-refractivity contribution in [1.29, 1.82) is 0 Å². The zero-order chi connectivity index (χ0) is 24.5. The van der Waals surface area contributed by atoms with Crippen LogP contribution in [0.1, 0.15) is 16.1 Å². The summed E-state index contributed by atoms with van der Waals surface area (Å²) in [5, 5.41) is 7.28. The number of carbonyl (C=O) groups excluding carboxylic acids is 1. The van der Waals surface area contributed by atoms with Crippen LogP contribution in [0.4, 0.5) is 14.5 Å². The van der Waals surface area contributed by atoms with Crippen molar-refractivity contribution in [3.63, 3.8) is 0 Å². The molecule has 0 aliphatic heterocycles. The third kappa shape index (κ3) is 4.24. The fourth-order valence-electron chi connectivity index (χ4n) is 3.56. The summed E-state index contributed by atoms with van der Waals surface area (Å²) in [4.78, 5) is 32.3. The minimum absolute atomic E-state index is 0.0425. The number of ether oxygens (including phenoxy) is 1. The average Bonchev–Trinajstić information content (AvgIpc) is 3.31. The molecule has 3 aromatic heterocycles. The van der Waals surface area contributed by atoms with Gasteiger partial charge in [-0.1, -0.05) is 12.1 Å². The normalized spacial score (nSPS) is 10.9. The number of H-pyrrole nitrogens is 1. The average molecular weight is 473 g/mol. The number of aromatic amines is 1. The number of aromatic nitrogens is 4. The quantitative estimate of drug-likeness (QED) is 0.384. The summed E-state index contributed by atoms with van der Waals surface area (Å²) in [6, 6.07) is 14.1. The van der Waals surface area contributed by atoms with Crippen molar-refractivity contribution in [3.05, 3.63) is 106 Å². The fraction of sp³-hybridized carbons (Fsp3) is 0.0400. The van der Waals surface area contributed by atoms with Gasteiger partial charge in [0.25, 0.3) is 11.5 Å². The number of hydrogen-bond donors (Lipinski definition) is 2. The Bertz CT molecular complexity index is 1640. The molecule has 174 valence electrons. The highest BCUT2D eigenvalue weighted by Gasteiger charge is 2.17. The number of aryl methyl sites for hydroxylation is 1. The lowest BCUT2D eigenvalue weighted by Crippen LogP contribution is -2.27. The summed E-state index contributed by atoms with van der Waals surface area (Å²) < 4.78 is 35.5. The van der Waals surface area contributed by atoms with E-state index in [2.05, 4.69) is 20.4 Å². The van der Waals surface area contributed by atoms with Gasteiger partial charge in [0.05, 0.1) is 5.39 Å². The Kier molecular flexibility index (Phi) is 5.54. The van der Waals surface area contributed by atoms with E-state index in [0.29, 0.717) is 16.8 Å². The topological polar surface area (TPSA) is 102 Å². The summed E-state index contributed by atoms with van der Waals surface area (Å²) >= 11 is 0. The highest BCUT2D eigenvalue weighted by atomic mass is 19.1. The van der Waals surface area contributed by atoms with Gasteiger partial charge >= 0.3 is 0 Å². The van der Waals surface area contributed by atoms with Gasteiger partial charge in [-0.3, -0.25) is 9.59 Å². The van der Waals surface area contributed by atoms with E-state index in [1.54, 1.807) is 24.4 Å². The van der Waals surface area contributed by atoms with Gasteiger partial charge in [-0.2, -0.15) is 9.78 Å². The number of fused-ring (bicyclic) bond motifs is 1. The van der Waals surface area contributed by atoms with E-state index in [4.69, 9.17) is 4.74 Å². The Hall–Kier alpha value is -4.86. The van der Waals surface area contributed by atoms with Gasteiger partial charge in [-0.05, 0) is 48.9 Å². The molecule has 35 heavy (non-hydrogen) atoms. The standard InChI is InChI=1S/C25H17F2N5O3/c1-14-12-22(33)32(19-5-3-2-4-17(19)26)31-23(14)25(34)30-15-6-7-21(18(27)13-15)35-20-9-11-29-24-16(20)8-10-28-24/h2-13H,1H3,(H,28,29)(H,30,34). The molecule has 0 aliphatic carbocycles. The van der Waals surface area contributed by atoms with Crippen LogP contribution in [0.15, 0.2) is 77.9 Å². The smallest absolute Gasteiger partial charge is 0.276 e. The van der Waals surface area contributed by atoms with Crippen molar-refractivity contribution < 1.29 is 18.3 Å². The molecular formula is C25H17F2N5O3. The summed E-state index contributed by atoms with van der Waals surface area (Å²) in [5.41, 5.74) is 0.239. The SMILES string of the molecule is Cc1cc(=O)n(-c2ccccc2F)nc1C(=O)Nc1ccc(Oc2ccnc3[nH]ccc23)c(F)c1. The largest absolute Gasteiger partial charge is 0.453 e. The molecule has 2 N–H and O–H groups in total. The molecule has 8 nitrogen and oxygen atoms in total. The van der Waals surface area contributed by atoms with Crippen LogP contribution in [0.3, 0.4) is 0 Å². The molecule has 0 spiro atoms.